The highest BCUT2D eigenvalue weighted by Crippen LogP contribution is 2.26. The molecule has 0 aliphatic rings. The molecule has 0 saturated heterocycles. The van der Waals surface area contributed by atoms with E-state index >= 15 is 0 Å². The van der Waals surface area contributed by atoms with E-state index in [0.29, 0.717) is 11.8 Å². The second kappa shape index (κ2) is 6.67. The number of nitrogens with zero attached hydrogens (tertiary/aromatic N) is 1. The first-order valence-corrected chi connectivity index (χ1v) is 7.27. The maximum absolute atomic E-state index is 4.44. The lowest BCUT2D eigenvalue weighted by Crippen LogP contribution is -2.25. The summed E-state index contributed by atoms with van der Waals surface area (Å²) in [5, 5.41) is 4.72. The standard InChI is InChI=1S/C17H24N2/c1-4-9-18-12-13(2)14(3)16-8-7-15-6-5-10-19-17(15)11-16/h5-8,10-11,13-14,18H,4,9,12H2,1-3H3. The van der Waals surface area contributed by atoms with Gasteiger partial charge in [0.15, 0.2) is 0 Å². The van der Waals surface area contributed by atoms with Crippen molar-refractivity contribution in [3.8, 4) is 0 Å². The average Bonchev–Trinajstić information content (AvgIpc) is 2.46. The van der Waals surface area contributed by atoms with Crippen LogP contribution in [0.2, 0.25) is 0 Å². The van der Waals surface area contributed by atoms with Gasteiger partial charge in [-0.2, -0.15) is 0 Å². The van der Waals surface area contributed by atoms with Gasteiger partial charge in [0.25, 0.3) is 0 Å². The molecule has 2 atom stereocenters. The van der Waals surface area contributed by atoms with Crippen molar-refractivity contribution < 1.29 is 0 Å². The van der Waals surface area contributed by atoms with Crippen molar-refractivity contribution in [2.24, 2.45) is 5.92 Å². The van der Waals surface area contributed by atoms with Crippen LogP contribution in [0.1, 0.15) is 38.7 Å². The lowest BCUT2D eigenvalue weighted by Gasteiger charge is -2.21. The van der Waals surface area contributed by atoms with Crippen molar-refractivity contribution in [3.05, 3.63) is 42.1 Å². The molecule has 19 heavy (non-hydrogen) atoms. The molecule has 0 amide bonds. The summed E-state index contributed by atoms with van der Waals surface area (Å²) >= 11 is 0. The average molecular weight is 256 g/mol. The van der Waals surface area contributed by atoms with Crippen LogP contribution >= 0.6 is 0 Å². The van der Waals surface area contributed by atoms with E-state index in [0.717, 1.165) is 18.6 Å². The van der Waals surface area contributed by atoms with Gasteiger partial charge in [-0.1, -0.05) is 39.0 Å². The number of hydrogen-bond acceptors (Lipinski definition) is 2. The number of benzene rings is 1. The molecular weight excluding hydrogens is 232 g/mol. The lowest BCUT2D eigenvalue weighted by atomic mass is 9.88. The minimum absolute atomic E-state index is 0.552. The van der Waals surface area contributed by atoms with Crippen molar-refractivity contribution in [3.63, 3.8) is 0 Å². The van der Waals surface area contributed by atoms with Crippen molar-refractivity contribution in [2.75, 3.05) is 13.1 Å². The molecule has 2 unspecified atom stereocenters. The fraction of sp³-hybridized carbons (Fsp3) is 0.471. The van der Waals surface area contributed by atoms with E-state index < -0.39 is 0 Å². The van der Waals surface area contributed by atoms with Crippen molar-refractivity contribution in [1.29, 1.82) is 0 Å². The molecule has 0 aliphatic carbocycles. The molecule has 1 heterocycles. The number of aromatic nitrogens is 1. The number of nitrogens with one attached hydrogen (secondary N) is 1. The highest BCUT2D eigenvalue weighted by Gasteiger charge is 2.14. The van der Waals surface area contributed by atoms with Crippen LogP contribution in [0.4, 0.5) is 0 Å². The summed E-state index contributed by atoms with van der Waals surface area (Å²) in [6, 6.07) is 10.8. The lowest BCUT2D eigenvalue weighted by molar-refractivity contribution is 0.448. The molecule has 0 radical (unpaired) electrons. The smallest absolute Gasteiger partial charge is 0.0704 e. The van der Waals surface area contributed by atoms with Gasteiger partial charge in [0.1, 0.15) is 0 Å². The third-order valence-corrected chi connectivity index (χ3v) is 3.90. The summed E-state index contributed by atoms with van der Waals surface area (Å²) < 4.78 is 0. The van der Waals surface area contributed by atoms with E-state index in [4.69, 9.17) is 0 Å². The third-order valence-electron chi connectivity index (χ3n) is 3.90. The zero-order valence-corrected chi connectivity index (χ0v) is 12.2. The number of rotatable bonds is 6. The van der Waals surface area contributed by atoms with E-state index in [1.807, 2.05) is 12.3 Å². The van der Waals surface area contributed by atoms with Crippen LogP contribution in [0.25, 0.3) is 10.9 Å². The zero-order valence-electron chi connectivity index (χ0n) is 12.2. The van der Waals surface area contributed by atoms with Crippen LogP contribution in [0.15, 0.2) is 36.5 Å². The monoisotopic (exact) mass is 256 g/mol. The summed E-state index contributed by atoms with van der Waals surface area (Å²) in [5.74, 6) is 1.18. The molecule has 1 aromatic heterocycles. The molecule has 1 aromatic carbocycles. The Labute approximate surface area is 116 Å². The summed E-state index contributed by atoms with van der Waals surface area (Å²) in [5.41, 5.74) is 2.48. The van der Waals surface area contributed by atoms with E-state index in [1.54, 1.807) is 0 Å². The molecule has 2 heteroatoms. The Morgan fingerprint density at radius 2 is 2.05 bits per heavy atom. The third kappa shape index (κ3) is 3.54. The van der Waals surface area contributed by atoms with Gasteiger partial charge < -0.3 is 5.32 Å². The molecule has 0 spiro atoms. The number of hydrogen-bond donors (Lipinski definition) is 1. The molecular formula is C17H24N2. The molecule has 0 fully saturated rings. The SMILES string of the molecule is CCCNCC(C)C(C)c1ccc2cccnc2c1. The van der Waals surface area contributed by atoms with Crippen LogP contribution in [0.5, 0.6) is 0 Å². The van der Waals surface area contributed by atoms with Crippen molar-refractivity contribution in [1.82, 2.24) is 10.3 Å². The molecule has 102 valence electrons. The molecule has 0 bridgehead atoms. The van der Waals surface area contributed by atoms with Gasteiger partial charge in [0, 0.05) is 11.6 Å². The predicted octanol–water partition coefficient (Wildman–Crippen LogP) is 3.97. The van der Waals surface area contributed by atoms with Gasteiger partial charge in [0.2, 0.25) is 0 Å². The summed E-state index contributed by atoms with van der Waals surface area (Å²) in [6.07, 6.45) is 3.06. The van der Waals surface area contributed by atoms with Crippen molar-refractivity contribution >= 4 is 10.9 Å². The minimum atomic E-state index is 0.552. The fourth-order valence-electron chi connectivity index (χ4n) is 2.38. The Bertz CT molecular complexity index is 521. The minimum Gasteiger partial charge on any atom is -0.316 e. The number of fused-ring (bicyclic) bond motifs is 1. The Kier molecular flexibility index (Phi) is 4.92. The molecule has 1 N–H and O–H groups in total. The molecule has 0 aliphatic heterocycles. The zero-order chi connectivity index (χ0) is 13.7. The first-order valence-electron chi connectivity index (χ1n) is 7.27. The topological polar surface area (TPSA) is 24.9 Å². The second-order valence-electron chi connectivity index (χ2n) is 5.43. The molecule has 2 nitrogen and oxygen atoms in total. The summed E-state index contributed by atoms with van der Waals surface area (Å²) in [6.45, 7) is 9.01. The van der Waals surface area contributed by atoms with E-state index in [9.17, 15) is 0 Å². The van der Waals surface area contributed by atoms with Gasteiger partial charge in [-0.05, 0) is 49.0 Å². The van der Waals surface area contributed by atoms with Gasteiger partial charge in [-0.25, -0.2) is 0 Å². The van der Waals surface area contributed by atoms with E-state index in [2.05, 4.69) is 55.3 Å². The van der Waals surface area contributed by atoms with Crippen LogP contribution in [0.3, 0.4) is 0 Å². The maximum Gasteiger partial charge on any atom is 0.0704 e. The normalized spacial score (nSPS) is 14.5. The molecule has 2 rings (SSSR count). The Hall–Kier alpha value is -1.41. The van der Waals surface area contributed by atoms with Crippen LogP contribution in [-0.2, 0) is 0 Å². The first kappa shape index (κ1) is 14.0. The van der Waals surface area contributed by atoms with Gasteiger partial charge >= 0.3 is 0 Å². The fourth-order valence-corrected chi connectivity index (χ4v) is 2.38. The highest BCUT2D eigenvalue weighted by atomic mass is 14.8. The predicted molar refractivity (Wildman–Crippen MR) is 82.5 cm³/mol. The Balaban J connectivity index is 2.09. The Morgan fingerprint density at radius 1 is 1.21 bits per heavy atom. The largest absolute Gasteiger partial charge is 0.316 e. The quantitative estimate of drug-likeness (QED) is 0.791. The van der Waals surface area contributed by atoms with Crippen LogP contribution < -0.4 is 5.32 Å². The van der Waals surface area contributed by atoms with Crippen LogP contribution in [0, 0.1) is 5.92 Å². The molecule has 2 aromatic rings. The van der Waals surface area contributed by atoms with E-state index in [-0.39, 0.29) is 0 Å². The first-order chi connectivity index (χ1) is 9.22. The second-order valence-corrected chi connectivity index (χ2v) is 5.43. The van der Waals surface area contributed by atoms with E-state index in [1.165, 1.54) is 17.4 Å². The van der Waals surface area contributed by atoms with Gasteiger partial charge in [-0.15, -0.1) is 0 Å². The number of pyridine rings is 1. The summed E-state index contributed by atoms with van der Waals surface area (Å²) in [4.78, 5) is 4.44. The molecule has 0 saturated carbocycles. The van der Waals surface area contributed by atoms with Crippen LogP contribution in [-0.4, -0.2) is 18.1 Å². The van der Waals surface area contributed by atoms with Gasteiger partial charge in [-0.3, -0.25) is 4.98 Å². The maximum atomic E-state index is 4.44. The highest BCUT2D eigenvalue weighted by molar-refractivity contribution is 5.78. The Morgan fingerprint density at radius 3 is 2.84 bits per heavy atom. The summed E-state index contributed by atoms with van der Waals surface area (Å²) in [7, 11) is 0. The van der Waals surface area contributed by atoms with Gasteiger partial charge in [0.05, 0.1) is 5.52 Å². The van der Waals surface area contributed by atoms with Crippen molar-refractivity contribution in [2.45, 2.75) is 33.1 Å².